The van der Waals surface area contributed by atoms with Gasteiger partial charge >= 0.3 is 0 Å². The number of oxazole rings is 1. The smallest absolute Gasteiger partial charge is 0.226 e. The molecule has 0 bridgehead atoms. The number of carbonyl (C=O) groups excluding carboxylic acids is 1. The van der Waals surface area contributed by atoms with Crippen molar-refractivity contribution in [3.8, 4) is 11.5 Å². The van der Waals surface area contributed by atoms with Crippen LogP contribution in [0.4, 0.5) is 0 Å². The summed E-state index contributed by atoms with van der Waals surface area (Å²) < 4.78 is 5.51. The van der Waals surface area contributed by atoms with Crippen LogP contribution in [0.15, 0.2) is 71.3 Å². The maximum absolute atomic E-state index is 12.5. The number of carbonyl (C=O) groups is 1. The van der Waals surface area contributed by atoms with Crippen molar-refractivity contribution in [3.05, 3.63) is 78.2 Å². The first-order chi connectivity index (χ1) is 12.3. The fourth-order valence-electron chi connectivity index (χ4n) is 3.05. The lowest BCUT2D eigenvalue weighted by molar-refractivity contribution is -0.121. The van der Waals surface area contributed by atoms with Gasteiger partial charge in [0.05, 0.1) is 18.2 Å². The lowest BCUT2D eigenvalue weighted by Gasteiger charge is -2.18. The van der Waals surface area contributed by atoms with E-state index in [9.17, 15) is 4.79 Å². The summed E-state index contributed by atoms with van der Waals surface area (Å²) in [5, 5.41) is 3.17. The number of nitrogens with one attached hydrogen (secondary N) is 1. The quantitative estimate of drug-likeness (QED) is 0.738. The second-order valence-electron chi connectivity index (χ2n) is 6.48. The Hall–Kier alpha value is -2.88. The SMILES string of the molecule is O=C(Cc1coc(-c2ccccc2)n1)NC(c1ccccc1)C1CC1. The third-order valence-corrected chi connectivity index (χ3v) is 4.48. The van der Waals surface area contributed by atoms with E-state index in [-0.39, 0.29) is 18.4 Å². The van der Waals surface area contributed by atoms with Gasteiger partial charge in [-0.2, -0.15) is 0 Å². The van der Waals surface area contributed by atoms with E-state index in [1.54, 1.807) is 6.26 Å². The summed E-state index contributed by atoms with van der Waals surface area (Å²) in [6.45, 7) is 0. The first kappa shape index (κ1) is 15.6. The highest BCUT2D eigenvalue weighted by Crippen LogP contribution is 2.40. The van der Waals surface area contributed by atoms with Gasteiger partial charge in [0, 0.05) is 5.56 Å². The highest BCUT2D eigenvalue weighted by molar-refractivity contribution is 5.78. The topological polar surface area (TPSA) is 55.1 Å². The molecule has 1 amide bonds. The maximum Gasteiger partial charge on any atom is 0.226 e. The number of rotatable bonds is 6. The maximum atomic E-state index is 12.5. The van der Waals surface area contributed by atoms with E-state index in [0.717, 1.165) is 5.56 Å². The van der Waals surface area contributed by atoms with Crippen LogP contribution in [0.5, 0.6) is 0 Å². The van der Waals surface area contributed by atoms with Crippen LogP contribution >= 0.6 is 0 Å². The van der Waals surface area contributed by atoms with Crippen molar-refractivity contribution in [1.82, 2.24) is 10.3 Å². The lowest BCUT2D eigenvalue weighted by atomic mass is 10.0. The highest BCUT2D eigenvalue weighted by atomic mass is 16.3. The number of nitrogens with zero attached hydrogens (tertiary/aromatic N) is 1. The zero-order valence-corrected chi connectivity index (χ0v) is 13.9. The Balaban J connectivity index is 1.43. The van der Waals surface area contributed by atoms with Crippen LogP contribution < -0.4 is 5.32 Å². The Kier molecular flexibility index (Phi) is 4.34. The van der Waals surface area contributed by atoms with Gasteiger partial charge in [-0.3, -0.25) is 4.79 Å². The molecule has 0 aliphatic heterocycles. The first-order valence-corrected chi connectivity index (χ1v) is 8.64. The number of hydrogen-bond donors (Lipinski definition) is 1. The van der Waals surface area contributed by atoms with Gasteiger partial charge in [0.1, 0.15) is 6.26 Å². The summed E-state index contributed by atoms with van der Waals surface area (Å²) in [5.74, 6) is 1.07. The number of aromatic nitrogens is 1. The van der Waals surface area contributed by atoms with Crippen LogP contribution in [0.3, 0.4) is 0 Å². The molecule has 1 heterocycles. The van der Waals surface area contributed by atoms with Gasteiger partial charge in [-0.1, -0.05) is 48.5 Å². The minimum absolute atomic E-state index is 0.0198. The van der Waals surface area contributed by atoms with E-state index in [2.05, 4.69) is 22.4 Å². The number of amides is 1. The minimum Gasteiger partial charge on any atom is -0.444 e. The Morgan fingerprint density at radius 1 is 1.08 bits per heavy atom. The highest BCUT2D eigenvalue weighted by Gasteiger charge is 2.33. The van der Waals surface area contributed by atoms with Crippen molar-refractivity contribution in [1.29, 1.82) is 0 Å². The number of benzene rings is 2. The summed E-state index contributed by atoms with van der Waals surface area (Å²) in [6, 6.07) is 20.0. The van der Waals surface area contributed by atoms with E-state index >= 15 is 0 Å². The molecule has 1 aromatic heterocycles. The van der Waals surface area contributed by atoms with E-state index in [1.807, 2.05) is 48.5 Å². The average molecular weight is 332 g/mol. The van der Waals surface area contributed by atoms with Crippen LogP contribution in [0.1, 0.15) is 30.1 Å². The van der Waals surface area contributed by atoms with Gasteiger partial charge in [0.2, 0.25) is 11.8 Å². The normalized spacial score (nSPS) is 14.9. The Bertz CT molecular complexity index is 839. The van der Waals surface area contributed by atoms with Gasteiger partial charge in [-0.15, -0.1) is 0 Å². The zero-order valence-electron chi connectivity index (χ0n) is 13.9. The summed E-state index contributed by atoms with van der Waals surface area (Å²) >= 11 is 0. The molecule has 4 rings (SSSR count). The van der Waals surface area contributed by atoms with Crippen molar-refractivity contribution in [2.24, 2.45) is 5.92 Å². The molecule has 4 heteroatoms. The molecule has 2 aromatic carbocycles. The third-order valence-electron chi connectivity index (χ3n) is 4.48. The fourth-order valence-corrected chi connectivity index (χ4v) is 3.05. The van der Waals surface area contributed by atoms with Gasteiger partial charge in [-0.25, -0.2) is 4.98 Å². The van der Waals surface area contributed by atoms with Crippen LogP contribution in [0.25, 0.3) is 11.5 Å². The van der Waals surface area contributed by atoms with Crippen molar-refractivity contribution in [2.75, 3.05) is 0 Å². The van der Waals surface area contributed by atoms with E-state index < -0.39 is 0 Å². The number of hydrogen-bond acceptors (Lipinski definition) is 3. The molecule has 1 fully saturated rings. The summed E-state index contributed by atoms with van der Waals surface area (Å²) in [7, 11) is 0. The molecule has 0 spiro atoms. The van der Waals surface area contributed by atoms with Gasteiger partial charge in [-0.05, 0) is 36.5 Å². The van der Waals surface area contributed by atoms with Crippen LogP contribution in [0.2, 0.25) is 0 Å². The average Bonchev–Trinajstić information content (AvgIpc) is 3.40. The molecular formula is C21H20N2O2. The molecular weight excluding hydrogens is 312 g/mol. The van der Waals surface area contributed by atoms with Crippen LogP contribution in [0, 0.1) is 5.92 Å². The molecule has 1 atom stereocenters. The molecule has 0 saturated heterocycles. The van der Waals surface area contributed by atoms with Crippen molar-refractivity contribution in [2.45, 2.75) is 25.3 Å². The standard InChI is InChI=1S/C21H20N2O2/c24-19(23-20(16-11-12-16)15-7-3-1-4-8-15)13-18-14-25-21(22-18)17-9-5-2-6-10-17/h1-10,14,16,20H,11-13H2,(H,23,24). The molecule has 126 valence electrons. The van der Waals surface area contributed by atoms with Crippen LogP contribution in [-0.2, 0) is 11.2 Å². The lowest BCUT2D eigenvalue weighted by Crippen LogP contribution is -2.31. The predicted octanol–water partition coefficient (Wildman–Crippen LogP) is 4.15. The predicted molar refractivity (Wildman–Crippen MR) is 95.7 cm³/mol. The van der Waals surface area contributed by atoms with Gasteiger partial charge in [0.25, 0.3) is 0 Å². The Labute approximate surface area is 146 Å². The van der Waals surface area contributed by atoms with E-state index in [1.165, 1.54) is 18.4 Å². The third kappa shape index (κ3) is 3.79. The Morgan fingerprint density at radius 3 is 2.44 bits per heavy atom. The molecule has 1 aliphatic rings. The van der Waals surface area contributed by atoms with Crippen molar-refractivity contribution < 1.29 is 9.21 Å². The van der Waals surface area contributed by atoms with Crippen LogP contribution in [-0.4, -0.2) is 10.9 Å². The first-order valence-electron chi connectivity index (χ1n) is 8.64. The van der Waals surface area contributed by atoms with Crippen molar-refractivity contribution >= 4 is 5.91 Å². The largest absolute Gasteiger partial charge is 0.444 e. The molecule has 4 nitrogen and oxygen atoms in total. The molecule has 1 unspecified atom stereocenters. The van der Waals surface area contributed by atoms with E-state index in [4.69, 9.17) is 4.42 Å². The fraction of sp³-hybridized carbons (Fsp3) is 0.238. The summed E-state index contributed by atoms with van der Waals surface area (Å²) in [6.07, 6.45) is 4.13. The molecule has 25 heavy (non-hydrogen) atoms. The van der Waals surface area contributed by atoms with E-state index in [0.29, 0.717) is 17.5 Å². The zero-order chi connectivity index (χ0) is 17.1. The van der Waals surface area contributed by atoms with Gasteiger partial charge in [0.15, 0.2) is 0 Å². The minimum atomic E-state index is -0.0198. The molecule has 1 N–H and O–H groups in total. The molecule has 3 aromatic rings. The van der Waals surface area contributed by atoms with Crippen molar-refractivity contribution in [3.63, 3.8) is 0 Å². The second kappa shape index (κ2) is 6.93. The molecule has 0 radical (unpaired) electrons. The molecule has 1 aliphatic carbocycles. The second-order valence-corrected chi connectivity index (χ2v) is 6.48. The monoisotopic (exact) mass is 332 g/mol. The van der Waals surface area contributed by atoms with Gasteiger partial charge < -0.3 is 9.73 Å². The molecule has 1 saturated carbocycles. The Morgan fingerprint density at radius 2 is 1.76 bits per heavy atom. The summed E-state index contributed by atoms with van der Waals surface area (Å²) in [4.78, 5) is 16.9. The summed E-state index contributed by atoms with van der Waals surface area (Å²) in [5.41, 5.74) is 2.73.